The first-order chi connectivity index (χ1) is 7.02. The molecule has 0 aromatic heterocycles. The molecular formula is C12H18O3. The first-order valence-corrected chi connectivity index (χ1v) is 5.00. The maximum absolute atomic E-state index is 10.7. The van der Waals surface area contributed by atoms with Crippen LogP contribution in [0.3, 0.4) is 0 Å². The molecule has 0 aromatic rings. The van der Waals surface area contributed by atoms with Gasteiger partial charge in [0, 0.05) is 5.92 Å². The molecule has 3 nitrogen and oxygen atoms in total. The number of carbonyl (C=O) groups excluding carboxylic acids is 1. The summed E-state index contributed by atoms with van der Waals surface area (Å²) in [5, 5.41) is 9.74. The minimum Gasteiger partial charge on any atom is -0.459 e. The third-order valence-corrected chi connectivity index (χ3v) is 1.82. The van der Waals surface area contributed by atoms with Gasteiger partial charge in [0.15, 0.2) is 0 Å². The Morgan fingerprint density at radius 2 is 2.20 bits per heavy atom. The van der Waals surface area contributed by atoms with Gasteiger partial charge in [0.1, 0.15) is 5.60 Å². The summed E-state index contributed by atoms with van der Waals surface area (Å²) in [6.45, 7) is 3.63. The van der Waals surface area contributed by atoms with Gasteiger partial charge in [0.25, 0.3) is 0 Å². The molecule has 0 aliphatic carbocycles. The Balaban J connectivity index is 4.10. The van der Waals surface area contributed by atoms with Gasteiger partial charge in [0.05, 0.1) is 7.11 Å². The molecule has 0 aliphatic heterocycles. The molecule has 1 unspecified atom stereocenters. The van der Waals surface area contributed by atoms with Crippen molar-refractivity contribution in [2.24, 2.45) is 0 Å². The minimum absolute atomic E-state index is 0.507. The van der Waals surface area contributed by atoms with Gasteiger partial charge < -0.3 is 9.84 Å². The number of carbonyl (C=O) groups is 1. The van der Waals surface area contributed by atoms with Crippen LogP contribution in [-0.2, 0) is 9.53 Å². The minimum atomic E-state index is -1.13. The summed E-state index contributed by atoms with van der Waals surface area (Å²) in [7, 11) is 1.26. The second-order valence-corrected chi connectivity index (χ2v) is 3.43. The first kappa shape index (κ1) is 13.7. The smallest absolute Gasteiger partial charge is 0.384 e. The summed E-state index contributed by atoms with van der Waals surface area (Å²) in [4.78, 5) is 10.7. The topological polar surface area (TPSA) is 46.5 Å². The van der Waals surface area contributed by atoms with Gasteiger partial charge in [-0.3, -0.25) is 0 Å². The van der Waals surface area contributed by atoms with Crippen LogP contribution in [-0.4, -0.2) is 23.8 Å². The average Bonchev–Trinajstić information content (AvgIpc) is 2.21. The summed E-state index contributed by atoms with van der Waals surface area (Å²) in [5.74, 6) is 4.09. The summed E-state index contributed by atoms with van der Waals surface area (Å²) >= 11 is 0. The predicted octanol–water partition coefficient (Wildman–Crippen LogP) is 1.66. The standard InChI is InChI=1S/C12H18O3/c1-4-5-6-7-9-12(2,14)10-8-11(13)15-3/h5-6,14H,4,7,9H2,1-3H3/b6-5-. The first-order valence-electron chi connectivity index (χ1n) is 5.00. The number of aliphatic hydroxyl groups is 1. The lowest BCUT2D eigenvalue weighted by Gasteiger charge is -2.14. The zero-order valence-electron chi connectivity index (χ0n) is 9.54. The lowest BCUT2D eigenvalue weighted by Crippen LogP contribution is -2.21. The van der Waals surface area contributed by atoms with Crippen molar-refractivity contribution in [2.75, 3.05) is 7.11 Å². The maximum Gasteiger partial charge on any atom is 0.384 e. The Bertz CT molecular complexity index is 279. The van der Waals surface area contributed by atoms with Gasteiger partial charge in [-0.25, -0.2) is 4.79 Å². The normalized spacial score (nSPS) is 14.1. The average molecular weight is 210 g/mol. The van der Waals surface area contributed by atoms with E-state index in [4.69, 9.17) is 0 Å². The lowest BCUT2D eigenvalue weighted by atomic mass is 10.0. The van der Waals surface area contributed by atoms with Gasteiger partial charge in [-0.05, 0) is 26.2 Å². The summed E-state index contributed by atoms with van der Waals surface area (Å²) in [5.41, 5.74) is -1.13. The van der Waals surface area contributed by atoms with Crippen LogP contribution in [0.2, 0.25) is 0 Å². The van der Waals surface area contributed by atoms with Crippen molar-refractivity contribution in [2.45, 2.75) is 38.7 Å². The highest BCUT2D eigenvalue weighted by atomic mass is 16.5. The molecule has 3 heteroatoms. The summed E-state index contributed by atoms with van der Waals surface area (Å²) in [6, 6.07) is 0. The highest BCUT2D eigenvalue weighted by molar-refractivity contribution is 5.88. The fourth-order valence-electron chi connectivity index (χ4n) is 0.948. The number of ether oxygens (including phenoxy) is 1. The predicted molar refractivity (Wildman–Crippen MR) is 59.1 cm³/mol. The second kappa shape index (κ2) is 7.08. The molecule has 0 amide bonds. The summed E-state index contributed by atoms with van der Waals surface area (Å²) in [6.07, 6.45) is 6.26. The van der Waals surface area contributed by atoms with E-state index >= 15 is 0 Å². The molecule has 84 valence electrons. The van der Waals surface area contributed by atoms with Crippen LogP contribution in [0.15, 0.2) is 12.2 Å². The number of methoxy groups -OCH3 is 1. The van der Waals surface area contributed by atoms with Gasteiger partial charge >= 0.3 is 5.97 Å². The molecule has 0 aliphatic rings. The lowest BCUT2D eigenvalue weighted by molar-refractivity contribution is -0.133. The fourth-order valence-corrected chi connectivity index (χ4v) is 0.948. The third kappa shape index (κ3) is 7.77. The molecular weight excluding hydrogens is 192 g/mol. The second-order valence-electron chi connectivity index (χ2n) is 3.43. The van der Waals surface area contributed by atoms with E-state index in [1.807, 2.05) is 19.1 Å². The molecule has 0 rings (SSSR count). The van der Waals surface area contributed by atoms with Crippen LogP contribution in [0.5, 0.6) is 0 Å². The largest absolute Gasteiger partial charge is 0.459 e. The van der Waals surface area contributed by atoms with Crippen molar-refractivity contribution in [3.8, 4) is 11.8 Å². The van der Waals surface area contributed by atoms with Crippen LogP contribution in [0.1, 0.15) is 33.1 Å². The molecule has 15 heavy (non-hydrogen) atoms. The van der Waals surface area contributed by atoms with Crippen molar-refractivity contribution in [3.63, 3.8) is 0 Å². The van der Waals surface area contributed by atoms with Crippen molar-refractivity contribution < 1.29 is 14.6 Å². The molecule has 1 atom stereocenters. The molecule has 1 N–H and O–H groups in total. The Kier molecular flexibility index (Phi) is 6.48. The van der Waals surface area contributed by atoms with Crippen LogP contribution < -0.4 is 0 Å². The molecule has 0 aromatic carbocycles. The zero-order valence-corrected chi connectivity index (χ0v) is 9.54. The molecule has 0 radical (unpaired) electrons. The molecule has 0 bridgehead atoms. The van der Waals surface area contributed by atoms with Gasteiger partial charge in [-0.2, -0.15) is 0 Å². The number of allylic oxidation sites excluding steroid dienone is 2. The van der Waals surface area contributed by atoms with Crippen molar-refractivity contribution >= 4 is 5.97 Å². The van der Waals surface area contributed by atoms with E-state index in [2.05, 4.69) is 16.6 Å². The molecule has 0 fully saturated rings. The van der Waals surface area contributed by atoms with Gasteiger partial charge in [-0.1, -0.05) is 25.0 Å². The van der Waals surface area contributed by atoms with Crippen LogP contribution >= 0.6 is 0 Å². The Morgan fingerprint density at radius 1 is 1.53 bits per heavy atom. The van der Waals surface area contributed by atoms with Crippen molar-refractivity contribution in [3.05, 3.63) is 12.2 Å². The van der Waals surface area contributed by atoms with E-state index in [0.29, 0.717) is 6.42 Å². The Hall–Kier alpha value is -1.27. The maximum atomic E-state index is 10.7. The Morgan fingerprint density at radius 3 is 2.73 bits per heavy atom. The van der Waals surface area contributed by atoms with E-state index < -0.39 is 11.6 Å². The third-order valence-electron chi connectivity index (χ3n) is 1.82. The van der Waals surface area contributed by atoms with Gasteiger partial charge in [0.2, 0.25) is 0 Å². The van der Waals surface area contributed by atoms with Crippen LogP contribution in [0.25, 0.3) is 0 Å². The number of hydrogen-bond acceptors (Lipinski definition) is 3. The molecule has 0 saturated carbocycles. The Labute approximate surface area is 91.1 Å². The van der Waals surface area contributed by atoms with E-state index in [-0.39, 0.29) is 0 Å². The highest BCUT2D eigenvalue weighted by Gasteiger charge is 2.15. The molecule has 0 heterocycles. The van der Waals surface area contributed by atoms with E-state index in [0.717, 1.165) is 12.8 Å². The molecule has 0 saturated heterocycles. The number of esters is 1. The SMILES string of the molecule is CC/C=C\CCC(C)(O)C#CC(=O)OC. The number of hydrogen-bond donors (Lipinski definition) is 1. The summed E-state index contributed by atoms with van der Waals surface area (Å²) < 4.78 is 4.35. The van der Waals surface area contributed by atoms with E-state index in [1.54, 1.807) is 6.92 Å². The van der Waals surface area contributed by atoms with Crippen molar-refractivity contribution in [1.29, 1.82) is 0 Å². The van der Waals surface area contributed by atoms with Crippen LogP contribution in [0, 0.1) is 11.8 Å². The number of rotatable bonds is 4. The molecule has 0 spiro atoms. The fraction of sp³-hybridized carbons (Fsp3) is 0.583. The van der Waals surface area contributed by atoms with E-state index in [9.17, 15) is 9.90 Å². The van der Waals surface area contributed by atoms with Crippen molar-refractivity contribution in [1.82, 2.24) is 0 Å². The zero-order chi connectivity index (χ0) is 11.7. The monoisotopic (exact) mass is 210 g/mol. The van der Waals surface area contributed by atoms with E-state index in [1.165, 1.54) is 7.11 Å². The quantitative estimate of drug-likeness (QED) is 0.332. The van der Waals surface area contributed by atoms with Crippen LogP contribution in [0.4, 0.5) is 0 Å². The van der Waals surface area contributed by atoms with Gasteiger partial charge in [-0.15, -0.1) is 0 Å². The highest BCUT2D eigenvalue weighted by Crippen LogP contribution is 2.11.